The van der Waals surface area contributed by atoms with E-state index in [1.165, 1.54) is 10.8 Å². The van der Waals surface area contributed by atoms with Crippen molar-refractivity contribution < 1.29 is 4.79 Å². The molecule has 0 amide bonds. The van der Waals surface area contributed by atoms with Gasteiger partial charge in [0.2, 0.25) is 0 Å². The van der Waals surface area contributed by atoms with Crippen molar-refractivity contribution in [3.8, 4) is 11.3 Å². The number of fused-ring (bicyclic) bond motifs is 2. The van der Waals surface area contributed by atoms with E-state index in [0.29, 0.717) is 5.69 Å². The zero-order valence-corrected chi connectivity index (χ0v) is 14.7. The van der Waals surface area contributed by atoms with Gasteiger partial charge in [-0.25, -0.2) is 4.98 Å². The van der Waals surface area contributed by atoms with Crippen molar-refractivity contribution in [3.63, 3.8) is 0 Å². The van der Waals surface area contributed by atoms with Crippen LogP contribution in [-0.4, -0.2) is 15.7 Å². The SMILES string of the molecule is CC(C)(C)c1nc2scc(-c3ccc4ccccc4c3)n2c1C=O. The second-order valence-corrected chi connectivity index (χ2v) is 7.85. The highest BCUT2D eigenvalue weighted by molar-refractivity contribution is 7.15. The number of imidazole rings is 1. The summed E-state index contributed by atoms with van der Waals surface area (Å²) in [4.78, 5) is 17.4. The first kappa shape index (κ1) is 15.1. The molecular formula is C20H18N2OS. The molecule has 2 aromatic carbocycles. The zero-order chi connectivity index (χ0) is 16.9. The topological polar surface area (TPSA) is 34.4 Å². The van der Waals surface area contributed by atoms with Gasteiger partial charge in [0.1, 0.15) is 5.69 Å². The fourth-order valence-corrected chi connectivity index (χ4v) is 4.00. The Morgan fingerprint density at radius 1 is 1.08 bits per heavy atom. The summed E-state index contributed by atoms with van der Waals surface area (Å²) < 4.78 is 1.99. The Balaban J connectivity index is 1.99. The van der Waals surface area contributed by atoms with Crippen LogP contribution in [0.5, 0.6) is 0 Å². The highest BCUT2D eigenvalue weighted by Gasteiger charge is 2.25. The van der Waals surface area contributed by atoms with Gasteiger partial charge < -0.3 is 0 Å². The first-order valence-corrected chi connectivity index (χ1v) is 8.82. The van der Waals surface area contributed by atoms with Gasteiger partial charge in [0.05, 0.1) is 11.4 Å². The number of aldehydes is 1. The fraction of sp³-hybridized carbons (Fsp3) is 0.200. The molecule has 0 unspecified atom stereocenters. The Bertz CT molecular complexity index is 1070. The van der Waals surface area contributed by atoms with Gasteiger partial charge >= 0.3 is 0 Å². The van der Waals surface area contributed by atoms with Gasteiger partial charge in [-0.15, -0.1) is 11.3 Å². The van der Waals surface area contributed by atoms with Gasteiger partial charge in [-0.3, -0.25) is 9.20 Å². The molecule has 24 heavy (non-hydrogen) atoms. The number of hydrogen-bond donors (Lipinski definition) is 0. The Kier molecular flexibility index (Phi) is 3.32. The summed E-state index contributed by atoms with van der Waals surface area (Å²) in [6, 6.07) is 14.7. The van der Waals surface area contributed by atoms with Crippen molar-refractivity contribution >= 4 is 33.4 Å². The lowest BCUT2D eigenvalue weighted by Crippen LogP contribution is -2.14. The highest BCUT2D eigenvalue weighted by atomic mass is 32.1. The lowest BCUT2D eigenvalue weighted by Gasteiger charge is -2.16. The molecule has 2 heterocycles. The molecule has 0 bridgehead atoms. The number of thiazole rings is 1. The summed E-state index contributed by atoms with van der Waals surface area (Å²) >= 11 is 1.57. The predicted octanol–water partition coefficient (Wildman–Crippen LogP) is 5.33. The number of rotatable bonds is 2. The van der Waals surface area contributed by atoms with E-state index < -0.39 is 0 Å². The smallest absolute Gasteiger partial charge is 0.195 e. The summed E-state index contributed by atoms with van der Waals surface area (Å²) in [6.45, 7) is 6.26. The molecule has 0 aliphatic heterocycles. The second kappa shape index (κ2) is 5.28. The van der Waals surface area contributed by atoms with Crippen molar-refractivity contribution in [2.24, 2.45) is 0 Å². The van der Waals surface area contributed by atoms with Crippen LogP contribution in [-0.2, 0) is 5.41 Å². The Morgan fingerprint density at radius 2 is 1.83 bits per heavy atom. The molecule has 0 aliphatic carbocycles. The number of carbonyl (C=O) groups excluding carboxylic acids is 1. The van der Waals surface area contributed by atoms with Crippen LogP contribution in [0.25, 0.3) is 27.0 Å². The highest BCUT2D eigenvalue weighted by Crippen LogP contribution is 2.33. The average Bonchev–Trinajstić information content (AvgIpc) is 3.12. The monoisotopic (exact) mass is 334 g/mol. The summed E-state index contributed by atoms with van der Waals surface area (Å²) in [5.41, 5.74) is 3.46. The number of nitrogens with zero attached hydrogens (tertiary/aromatic N) is 2. The molecule has 0 radical (unpaired) electrons. The van der Waals surface area contributed by atoms with E-state index in [9.17, 15) is 4.79 Å². The Hall–Kier alpha value is -2.46. The van der Waals surface area contributed by atoms with E-state index in [-0.39, 0.29) is 5.41 Å². The van der Waals surface area contributed by atoms with E-state index in [2.05, 4.69) is 56.5 Å². The summed E-state index contributed by atoms with van der Waals surface area (Å²) in [6.07, 6.45) is 0.928. The third kappa shape index (κ3) is 2.26. The maximum absolute atomic E-state index is 11.8. The largest absolute Gasteiger partial charge is 0.296 e. The van der Waals surface area contributed by atoms with E-state index >= 15 is 0 Å². The third-order valence-electron chi connectivity index (χ3n) is 4.27. The van der Waals surface area contributed by atoms with Crippen molar-refractivity contribution in [1.29, 1.82) is 0 Å². The molecule has 4 aromatic rings. The van der Waals surface area contributed by atoms with Crippen LogP contribution in [0.4, 0.5) is 0 Å². The molecule has 120 valence electrons. The molecule has 4 rings (SSSR count). The van der Waals surface area contributed by atoms with Crippen LogP contribution in [0.3, 0.4) is 0 Å². The normalized spacial score (nSPS) is 12.1. The summed E-state index contributed by atoms with van der Waals surface area (Å²) in [7, 11) is 0. The van der Waals surface area contributed by atoms with Gasteiger partial charge in [-0.2, -0.15) is 0 Å². The van der Waals surface area contributed by atoms with Crippen molar-refractivity contribution in [3.05, 3.63) is 59.2 Å². The van der Waals surface area contributed by atoms with Crippen LogP contribution in [0.2, 0.25) is 0 Å². The van der Waals surface area contributed by atoms with Gasteiger partial charge in [0.15, 0.2) is 11.2 Å². The molecule has 0 spiro atoms. The minimum absolute atomic E-state index is 0.164. The van der Waals surface area contributed by atoms with Crippen LogP contribution >= 0.6 is 11.3 Å². The quantitative estimate of drug-likeness (QED) is 0.465. The van der Waals surface area contributed by atoms with Crippen LogP contribution < -0.4 is 0 Å². The number of carbonyl (C=O) groups is 1. The summed E-state index contributed by atoms with van der Waals surface area (Å²) in [5, 5.41) is 4.48. The van der Waals surface area contributed by atoms with Gasteiger partial charge in [-0.1, -0.05) is 57.2 Å². The molecule has 4 heteroatoms. The van der Waals surface area contributed by atoms with Gasteiger partial charge in [0.25, 0.3) is 0 Å². The lowest BCUT2D eigenvalue weighted by molar-refractivity contribution is 0.111. The first-order chi connectivity index (χ1) is 11.5. The number of benzene rings is 2. The van der Waals surface area contributed by atoms with Crippen molar-refractivity contribution in [2.45, 2.75) is 26.2 Å². The molecular weight excluding hydrogens is 316 g/mol. The Morgan fingerprint density at radius 3 is 2.54 bits per heavy atom. The molecule has 2 aromatic heterocycles. The average molecular weight is 334 g/mol. The standard InChI is InChI=1S/C20H18N2OS/c1-20(2,3)18-16(11-23)22-17(12-24-19(22)21-18)15-9-8-13-6-4-5-7-14(13)10-15/h4-12H,1-3H3. The fourth-order valence-electron chi connectivity index (χ4n) is 3.09. The minimum atomic E-state index is -0.164. The molecule has 0 aliphatic rings. The Labute approximate surface area is 144 Å². The molecule has 0 N–H and O–H groups in total. The summed E-state index contributed by atoms with van der Waals surface area (Å²) in [5.74, 6) is 0. The molecule has 3 nitrogen and oxygen atoms in total. The molecule has 0 fully saturated rings. The van der Waals surface area contributed by atoms with Crippen molar-refractivity contribution in [2.75, 3.05) is 0 Å². The van der Waals surface area contributed by atoms with E-state index in [4.69, 9.17) is 4.98 Å². The molecule has 0 saturated heterocycles. The van der Waals surface area contributed by atoms with E-state index in [0.717, 1.165) is 28.2 Å². The molecule has 0 saturated carbocycles. The van der Waals surface area contributed by atoms with Crippen LogP contribution in [0.1, 0.15) is 37.0 Å². The number of aromatic nitrogens is 2. The second-order valence-electron chi connectivity index (χ2n) is 7.01. The van der Waals surface area contributed by atoms with Crippen LogP contribution in [0, 0.1) is 0 Å². The maximum Gasteiger partial charge on any atom is 0.195 e. The lowest BCUT2D eigenvalue weighted by atomic mass is 9.91. The molecule has 0 atom stereocenters. The third-order valence-corrected chi connectivity index (χ3v) is 5.09. The number of hydrogen-bond acceptors (Lipinski definition) is 3. The van der Waals surface area contributed by atoms with Gasteiger partial charge in [-0.05, 0) is 16.8 Å². The maximum atomic E-state index is 11.8. The minimum Gasteiger partial charge on any atom is -0.296 e. The van der Waals surface area contributed by atoms with E-state index in [1.54, 1.807) is 11.3 Å². The van der Waals surface area contributed by atoms with Gasteiger partial charge in [0, 0.05) is 16.4 Å². The predicted molar refractivity (Wildman–Crippen MR) is 100 cm³/mol. The van der Waals surface area contributed by atoms with Crippen molar-refractivity contribution in [1.82, 2.24) is 9.38 Å². The van der Waals surface area contributed by atoms with E-state index in [1.807, 2.05) is 16.5 Å². The zero-order valence-electron chi connectivity index (χ0n) is 13.9. The first-order valence-electron chi connectivity index (χ1n) is 7.94. The van der Waals surface area contributed by atoms with Crippen LogP contribution in [0.15, 0.2) is 47.8 Å².